The van der Waals surface area contributed by atoms with E-state index in [2.05, 4.69) is 30.2 Å². The lowest BCUT2D eigenvalue weighted by atomic mass is 10.0. The Morgan fingerprint density at radius 3 is 2.40 bits per heavy atom. The van der Waals surface area contributed by atoms with E-state index >= 15 is 0 Å². The van der Waals surface area contributed by atoms with Crippen LogP contribution in [0.15, 0.2) is 79.1 Å². The Morgan fingerprint density at radius 1 is 0.825 bits per heavy atom. The second-order valence-electron chi connectivity index (χ2n) is 15.0. The van der Waals surface area contributed by atoms with Gasteiger partial charge >= 0.3 is 0 Å². The Hall–Kier alpha value is -6.15. The average molecular weight is 770 g/mol. The second kappa shape index (κ2) is 16.9. The third-order valence-electron chi connectivity index (χ3n) is 11.1. The summed E-state index contributed by atoms with van der Waals surface area (Å²) in [7, 11) is 0. The van der Waals surface area contributed by atoms with E-state index in [1.807, 2.05) is 54.6 Å². The number of carbonyl (C=O) groups excluding carboxylic acids is 4. The van der Waals surface area contributed by atoms with Gasteiger partial charge in [0.05, 0.1) is 22.6 Å². The van der Waals surface area contributed by atoms with Crippen LogP contribution in [0.5, 0.6) is 11.5 Å². The van der Waals surface area contributed by atoms with Crippen LogP contribution in [0.25, 0.3) is 22.3 Å². The molecule has 3 aliphatic rings. The number of carbonyl (C=O) groups is 4. The third-order valence-corrected chi connectivity index (χ3v) is 11.1. The molecule has 0 bridgehead atoms. The maximum atomic E-state index is 13.3. The number of amides is 4. The van der Waals surface area contributed by atoms with Gasteiger partial charge in [-0.1, -0.05) is 49.9 Å². The van der Waals surface area contributed by atoms with Crippen LogP contribution in [0.3, 0.4) is 0 Å². The van der Waals surface area contributed by atoms with Gasteiger partial charge in [0.15, 0.2) is 5.65 Å². The van der Waals surface area contributed by atoms with Gasteiger partial charge in [0.1, 0.15) is 35.4 Å². The van der Waals surface area contributed by atoms with E-state index in [-0.39, 0.29) is 24.4 Å². The number of rotatable bonds is 15. The summed E-state index contributed by atoms with van der Waals surface area (Å²) < 4.78 is 8.06. The van der Waals surface area contributed by atoms with Crippen molar-refractivity contribution in [2.45, 2.75) is 76.3 Å². The van der Waals surface area contributed by atoms with Crippen molar-refractivity contribution in [1.29, 1.82) is 0 Å². The first kappa shape index (κ1) is 37.8. The van der Waals surface area contributed by atoms with E-state index in [1.54, 1.807) is 18.2 Å². The number of nitrogens with two attached hydrogens (primary N) is 1. The van der Waals surface area contributed by atoms with Crippen molar-refractivity contribution in [2.75, 3.05) is 37.2 Å². The fourth-order valence-corrected chi connectivity index (χ4v) is 8.24. The summed E-state index contributed by atoms with van der Waals surface area (Å²) in [6, 6.07) is 21.9. The number of para-hydroxylation sites is 1. The lowest BCUT2D eigenvalue weighted by molar-refractivity contribution is -0.136. The molecule has 8 rings (SSSR count). The Kier molecular flexibility index (Phi) is 11.2. The largest absolute Gasteiger partial charge is 0.457 e. The van der Waals surface area contributed by atoms with Gasteiger partial charge in [-0.3, -0.25) is 29.4 Å². The summed E-state index contributed by atoms with van der Waals surface area (Å²) in [6.45, 7) is 3.67. The molecule has 14 nitrogen and oxygen atoms in total. The highest BCUT2D eigenvalue weighted by atomic mass is 16.5. The van der Waals surface area contributed by atoms with Crippen molar-refractivity contribution in [3.8, 4) is 22.8 Å². The first-order valence-electron chi connectivity index (χ1n) is 20.0. The number of piperidine rings is 2. The van der Waals surface area contributed by atoms with Crippen molar-refractivity contribution in [3.63, 3.8) is 0 Å². The van der Waals surface area contributed by atoms with Gasteiger partial charge < -0.3 is 20.7 Å². The van der Waals surface area contributed by atoms with Gasteiger partial charge in [0, 0.05) is 30.8 Å². The van der Waals surface area contributed by atoms with Crippen LogP contribution in [0.4, 0.5) is 11.5 Å². The van der Waals surface area contributed by atoms with E-state index < -0.39 is 29.7 Å². The van der Waals surface area contributed by atoms with Crippen LogP contribution in [-0.4, -0.2) is 85.4 Å². The van der Waals surface area contributed by atoms with Crippen molar-refractivity contribution < 1.29 is 23.9 Å². The van der Waals surface area contributed by atoms with Crippen molar-refractivity contribution in [2.24, 2.45) is 0 Å². The SMILES string of the molecule is Nc1ncnc2c1c(-c1ccc(Oc3ccccc3)cc1)nn2C1CCCN(CCCCCCCCNc2cccc3c2C(=O)N(C2CCC(=O)NC2=O)C3=O)C1. The number of nitrogens with one attached hydrogen (secondary N) is 2. The molecule has 5 aromatic rings. The minimum atomic E-state index is -0.976. The first-order valence-corrected chi connectivity index (χ1v) is 20.0. The number of anilines is 2. The Balaban J connectivity index is 0.789. The Morgan fingerprint density at radius 2 is 1.60 bits per heavy atom. The zero-order valence-electron chi connectivity index (χ0n) is 31.9. The molecule has 0 aliphatic carbocycles. The van der Waals surface area contributed by atoms with Crippen LogP contribution in [0, 0.1) is 0 Å². The predicted molar refractivity (Wildman–Crippen MR) is 216 cm³/mol. The Labute approximate surface area is 330 Å². The molecule has 4 amide bonds. The smallest absolute Gasteiger partial charge is 0.264 e. The molecule has 57 heavy (non-hydrogen) atoms. The summed E-state index contributed by atoms with van der Waals surface area (Å²) in [5, 5.41) is 11.5. The zero-order chi connectivity index (χ0) is 39.3. The maximum Gasteiger partial charge on any atom is 0.264 e. The normalized spacial score (nSPS) is 18.6. The van der Waals surface area contributed by atoms with Crippen LogP contribution in [0.2, 0.25) is 0 Å². The van der Waals surface area contributed by atoms with Crippen LogP contribution in [-0.2, 0) is 9.59 Å². The molecular weight excluding hydrogens is 723 g/mol. The van der Waals surface area contributed by atoms with Crippen molar-refractivity contribution >= 4 is 46.2 Å². The Bertz CT molecular complexity index is 2280. The molecule has 294 valence electrons. The summed E-state index contributed by atoms with van der Waals surface area (Å²) >= 11 is 0. The second-order valence-corrected chi connectivity index (χ2v) is 15.0. The van der Waals surface area contributed by atoms with Gasteiger partial charge in [-0.05, 0) is 93.7 Å². The molecule has 2 aromatic heterocycles. The molecule has 0 saturated carbocycles. The zero-order valence-corrected chi connectivity index (χ0v) is 31.9. The molecule has 4 N–H and O–H groups in total. The summed E-state index contributed by atoms with van der Waals surface area (Å²) in [5.41, 5.74) is 10.1. The number of fused-ring (bicyclic) bond motifs is 2. The standard InChI is InChI=1S/C43H47N9O5/c44-39-37-38(28-17-19-31(20-18-28)57-30-13-6-5-7-14-30)49-52(40(37)47-27-46-39)29-12-11-25-50(26-29)24-9-4-2-1-3-8-23-45-33-16-10-15-32-36(33)43(56)51(42(32)55)34-21-22-35(53)48-41(34)54/h5-7,10,13-20,27,29,34,45H,1-4,8-9,11-12,21-26H2,(H2,44,46,47)(H,48,53,54). The monoisotopic (exact) mass is 769 g/mol. The molecule has 0 radical (unpaired) electrons. The highest BCUT2D eigenvalue weighted by Gasteiger charge is 2.45. The van der Waals surface area contributed by atoms with Gasteiger partial charge in [-0.15, -0.1) is 0 Å². The third kappa shape index (κ3) is 8.08. The molecule has 2 fully saturated rings. The van der Waals surface area contributed by atoms with Crippen LogP contribution < -0.4 is 21.1 Å². The van der Waals surface area contributed by atoms with E-state index in [4.69, 9.17) is 15.6 Å². The number of unbranched alkanes of at least 4 members (excludes halogenated alkanes) is 5. The van der Waals surface area contributed by atoms with Gasteiger partial charge in [-0.2, -0.15) is 5.10 Å². The fourth-order valence-electron chi connectivity index (χ4n) is 8.24. The molecule has 3 aliphatic heterocycles. The number of hydrogen-bond donors (Lipinski definition) is 3. The minimum absolute atomic E-state index is 0.0920. The van der Waals surface area contributed by atoms with Gasteiger partial charge in [0.25, 0.3) is 11.8 Å². The number of aromatic nitrogens is 4. The van der Waals surface area contributed by atoms with E-state index in [1.165, 1.54) is 6.33 Å². The summed E-state index contributed by atoms with van der Waals surface area (Å²) in [6.07, 6.45) is 10.3. The minimum Gasteiger partial charge on any atom is -0.457 e. The molecular formula is C43H47N9O5. The molecule has 2 unspecified atom stereocenters. The van der Waals surface area contributed by atoms with Crippen LogP contribution in [0.1, 0.15) is 91.0 Å². The molecule has 2 saturated heterocycles. The predicted octanol–water partition coefficient (Wildman–Crippen LogP) is 6.36. The quantitative estimate of drug-likeness (QED) is 0.0798. The number of nitrogen functional groups attached to an aromatic ring is 1. The van der Waals surface area contributed by atoms with Crippen molar-refractivity contribution in [1.82, 2.24) is 34.9 Å². The average Bonchev–Trinajstić information content (AvgIpc) is 3.74. The van der Waals surface area contributed by atoms with Crippen molar-refractivity contribution in [3.05, 3.63) is 90.3 Å². The topological polar surface area (TPSA) is 178 Å². The summed E-state index contributed by atoms with van der Waals surface area (Å²) in [4.78, 5) is 63.0. The highest BCUT2D eigenvalue weighted by molar-refractivity contribution is 6.25. The first-order chi connectivity index (χ1) is 27.9. The summed E-state index contributed by atoms with van der Waals surface area (Å²) in [5.74, 6) is -0.0517. The highest BCUT2D eigenvalue weighted by Crippen LogP contribution is 2.36. The number of ether oxygens (including phenoxy) is 1. The molecule has 5 heterocycles. The number of benzene rings is 3. The van der Waals surface area contributed by atoms with Crippen LogP contribution >= 0.6 is 0 Å². The van der Waals surface area contributed by atoms with E-state index in [9.17, 15) is 19.2 Å². The number of hydrogen-bond acceptors (Lipinski definition) is 11. The molecule has 3 aromatic carbocycles. The lowest BCUT2D eigenvalue weighted by Crippen LogP contribution is -2.54. The maximum absolute atomic E-state index is 13.3. The fraction of sp³-hybridized carbons (Fsp3) is 0.372. The van der Waals surface area contributed by atoms with E-state index in [0.717, 1.165) is 110 Å². The lowest BCUT2D eigenvalue weighted by Gasteiger charge is -2.33. The van der Waals surface area contributed by atoms with Gasteiger partial charge in [0.2, 0.25) is 11.8 Å². The van der Waals surface area contributed by atoms with Gasteiger partial charge in [-0.25, -0.2) is 14.6 Å². The molecule has 0 spiro atoms. The molecule has 14 heteroatoms. The van der Waals surface area contributed by atoms with E-state index in [0.29, 0.717) is 23.6 Å². The number of nitrogens with zero attached hydrogens (tertiary/aromatic N) is 6. The number of imide groups is 2. The number of likely N-dealkylation sites (tertiary alicyclic amines) is 1. The molecule has 2 atom stereocenters.